The van der Waals surface area contributed by atoms with Crippen LogP contribution in [-0.2, 0) is 0 Å². The Morgan fingerprint density at radius 2 is 1.85 bits per heavy atom. The summed E-state index contributed by atoms with van der Waals surface area (Å²) in [6.07, 6.45) is 2.42. The second-order valence-electron chi connectivity index (χ2n) is 6.13. The molecular formula is C16H21N3O. The Balaban J connectivity index is 2.01. The molecule has 1 aromatic rings. The molecule has 0 radical (unpaired) electrons. The van der Waals surface area contributed by atoms with Crippen LogP contribution in [0.5, 0.6) is 0 Å². The van der Waals surface area contributed by atoms with Gasteiger partial charge in [0.1, 0.15) is 11.9 Å². The lowest BCUT2D eigenvalue weighted by molar-refractivity contribution is 0.203. The van der Waals surface area contributed by atoms with Crippen LogP contribution in [0.3, 0.4) is 0 Å². The van der Waals surface area contributed by atoms with Gasteiger partial charge in [-0.1, -0.05) is 17.7 Å². The number of amides is 2. The first kappa shape index (κ1) is 13.2. The van der Waals surface area contributed by atoms with Gasteiger partial charge in [0.25, 0.3) is 0 Å². The summed E-state index contributed by atoms with van der Waals surface area (Å²) < 4.78 is 0. The highest BCUT2D eigenvalue weighted by Gasteiger charge is 2.39. The van der Waals surface area contributed by atoms with Crippen molar-refractivity contribution >= 4 is 11.9 Å². The van der Waals surface area contributed by atoms with Gasteiger partial charge >= 0.3 is 6.03 Å². The third-order valence-corrected chi connectivity index (χ3v) is 4.23. The molecular weight excluding hydrogens is 250 g/mol. The van der Waals surface area contributed by atoms with Crippen molar-refractivity contribution in [3.8, 4) is 0 Å². The molecule has 1 atom stereocenters. The molecule has 0 bridgehead atoms. The largest absolute Gasteiger partial charge is 0.385 e. The molecule has 0 aromatic heterocycles. The van der Waals surface area contributed by atoms with Crippen molar-refractivity contribution in [1.29, 1.82) is 0 Å². The zero-order valence-corrected chi connectivity index (χ0v) is 12.3. The minimum absolute atomic E-state index is 0.177. The standard InChI is InChI=1S/C16H21N3O/c1-9-6-10(2)13(11(3)7-9)14-15(17)18-16(20)19(14)8-12-4-5-12/h6-7,12,14H,4-5,8H2,1-3H3,(H2,17,18,20). The van der Waals surface area contributed by atoms with Gasteiger partial charge in [-0.25, -0.2) is 4.79 Å². The lowest BCUT2D eigenvalue weighted by Gasteiger charge is -2.27. The van der Waals surface area contributed by atoms with Crippen LogP contribution in [0.15, 0.2) is 17.1 Å². The molecule has 1 aliphatic heterocycles. The summed E-state index contributed by atoms with van der Waals surface area (Å²) in [6.45, 7) is 7.03. The number of nitrogens with zero attached hydrogens (tertiary/aromatic N) is 2. The number of nitrogens with two attached hydrogens (primary N) is 1. The van der Waals surface area contributed by atoms with Crippen LogP contribution < -0.4 is 5.73 Å². The van der Waals surface area contributed by atoms with Crippen LogP contribution in [-0.4, -0.2) is 23.3 Å². The Labute approximate surface area is 119 Å². The summed E-state index contributed by atoms with van der Waals surface area (Å²) in [5.74, 6) is 1.07. The summed E-state index contributed by atoms with van der Waals surface area (Å²) in [5.41, 5.74) is 10.8. The van der Waals surface area contributed by atoms with E-state index in [1.807, 2.05) is 4.90 Å². The van der Waals surface area contributed by atoms with Gasteiger partial charge in [-0.2, -0.15) is 4.99 Å². The number of benzene rings is 1. The number of carbonyl (C=O) groups excluding carboxylic acids is 1. The number of hydrogen-bond donors (Lipinski definition) is 1. The van der Waals surface area contributed by atoms with Crippen molar-refractivity contribution in [2.45, 2.75) is 39.7 Å². The van der Waals surface area contributed by atoms with Gasteiger partial charge in [-0.3, -0.25) is 0 Å². The molecule has 1 aliphatic carbocycles. The van der Waals surface area contributed by atoms with E-state index in [-0.39, 0.29) is 12.1 Å². The van der Waals surface area contributed by atoms with Crippen molar-refractivity contribution in [1.82, 2.24) is 4.90 Å². The highest BCUT2D eigenvalue weighted by atomic mass is 16.2. The fraction of sp³-hybridized carbons (Fsp3) is 0.500. The van der Waals surface area contributed by atoms with Crippen molar-refractivity contribution in [2.75, 3.05) is 6.54 Å². The van der Waals surface area contributed by atoms with Gasteiger partial charge in [0, 0.05) is 6.54 Å². The van der Waals surface area contributed by atoms with E-state index in [0.717, 1.165) is 12.1 Å². The van der Waals surface area contributed by atoms with Gasteiger partial charge in [-0.15, -0.1) is 0 Å². The zero-order valence-electron chi connectivity index (χ0n) is 12.3. The Morgan fingerprint density at radius 3 is 2.40 bits per heavy atom. The average Bonchev–Trinajstić information content (AvgIpc) is 3.10. The van der Waals surface area contributed by atoms with Gasteiger partial charge in [0.2, 0.25) is 0 Å². The van der Waals surface area contributed by atoms with E-state index in [0.29, 0.717) is 11.8 Å². The van der Waals surface area contributed by atoms with Crippen molar-refractivity contribution in [3.05, 3.63) is 34.4 Å². The highest BCUT2D eigenvalue weighted by molar-refractivity contribution is 6.03. The van der Waals surface area contributed by atoms with Crippen molar-refractivity contribution in [3.63, 3.8) is 0 Å². The number of carbonyl (C=O) groups is 1. The fourth-order valence-electron chi connectivity index (χ4n) is 3.19. The summed E-state index contributed by atoms with van der Waals surface area (Å²) in [4.78, 5) is 17.9. The Kier molecular flexibility index (Phi) is 3.04. The molecule has 2 aliphatic rings. The smallest absolute Gasteiger partial charge is 0.346 e. The minimum atomic E-state index is -0.182. The molecule has 4 heteroatoms. The van der Waals surface area contributed by atoms with E-state index in [1.54, 1.807) is 0 Å². The molecule has 106 valence electrons. The number of aryl methyl sites for hydroxylation is 3. The third kappa shape index (κ3) is 2.19. The second kappa shape index (κ2) is 4.62. The van der Waals surface area contributed by atoms with Gasteiger partial charge in [0.15, 0.2) is 0 Å². The molecule has 1 fully saturated rings. The first-order chi connectivity index (χ1) is 9.47. The topological polar surface area (TPSA) is 58.7 Å². The SMILES string of the molecule is Cc1cc(C)c(C2C(N)=NC(=O)N2CC2CC2)c(C)c1. The number of urea groups is 1. The Hall–Kier alpha value is -1.84. The van der Waals surface area contributed by atoms with Crippen LogP contribution in [0.25, 0.3) is 0 Å². The van der Waals surface area contributed by atoms with Crippen LogP contribution in [0, 0.1) is 26.7 Å². The predicted octanol–water partition coefficient (Wildman–Crippen LogP) is 2.86. The summed E-state index contributed by atoms with van der Waals surface area (Å²) >= 11 is 0. The number of aliphatic imine (C=N–C) groups is 1. The number of rotatable bonds is 3. The van der Waals surface area contributed by atoms with Gasteiger partial charge in [-0.05, 0) is 56.2 Å². The highest BCUT2D eigenvalue weighted by Crippen LogP contribution is 2.37. The summed E-state index contributed by atoms with van der Waals surface area (Å²) in [7, 11) is 0. The molecule has 4 nitrogen and oxygen atoms in total. The summed E-state index contributed by atoms with van der Waals surface area (Å²) in [6, 6.07) is 3.93. The molecule has 3 rings (SSSR count). The van der Waals surface area contributed by atoms with Crippen LogP contribution in [0.2, 0.25) is 0 Å². The molecule has 0 saturated heterocycles. The first-order valence-electron chi connectivity index (χ1n) is 7.19. The van der Waals surface area contributed by atoms with E-state index >= 15 is 0 Å². The van der Waals surface area contributed by atoms with Crippen LogP contribution in [0.4, 0.5) is 4.79 Å². The molecule has 2 amide bonds. The maximum absolute atomic E-state index is 12.1. The fourth-order valence-corrected chi connectivity index (χ4v) is 3.19. The number of hydrogen-bond acceptors (Lipinski definition) is 2. The molecule has 2 N–H and O–H groups in total. The average molecular weight is 271 g/mol. The molecule has 1 saturated carbocycles. The van der Waals surface area contributed by atoms with E-state index in [9.17, 15) is 4.79 Å². The van der Waals surface area contributed by atoms with Gasteiger partial charge < -0.3 is 10.6 Å². The van der Waals surface area contributed by atoms with Crippen LogP contribution >= 0.6 is 0 Å². The lowest BCUT2D eigenvalue weighted by Crippen LogP contribution is -2.35. The van der Waals surface area contributed by atoms with Crippen LogP contribution in [0.1, 0.15) is 41.1 Å². The first-order valence-corrected chi connectivity index (χ1v) is 7.19. The Morgan fingerprint density at radius 1 is 1.25 bits per heavy atom. The summed E-state index contributed by atoms with van der Waals surface area (Å²) in [5, 5.41) is 0. The normalized spacial score (nSPS) is 22.4. The molecule has 0 spiro atoms. The minimum Gasteiger partial charge on any atom is -0.385 e. The van der Waals surface area contributed by atoms with E-state index in [2.05, 4.69) is 37.9 Å². The number of amidine groups is 1. The third-order valence-electron chi connectivity index (χ3n) is 4.23. The van der Waals surface area contributed by atoms with Crippen molar-refractivity contribution < 1.29 is 4.79 Å². The molecule has 1 unspecified atom stereocenters. The maximum Gasteiger partial charge on any atom is 0.346 e. The monoisotopic (exact) mass is 271 g/mol. The molecule has 1 heterocycles. The second-order valence-corrected chi connectivity index (χ2v) is 6.13. The quantitative estimate of drug-likeness (QED) is 0.919. The maximum atomic E-state index is 12.1. The van der Waals surface area contributed by atoms with Gasteiger partial charge in [0.05, 0.1) is 0 Å². The van der Waals surface area contributed by atoms with E-state index in [4.69, 9.17) is 5.73 Å². The molecule has 20 heavy (non-hydrogen) atoms. The van der Waals surface area contributed by atoms with Crippen molar-refractivity contribution in [2.24, 2.45) is 16.6 Å². The zero-order chi connectivity index (χ0) is 14.4. The van der Waals surface area contributed by atoms with E-state index < -0.39 is 0 Å². The lowest BCUT2D eigenvalue weighted by atomic mass is 9.93. The van der Waals surface area contributed by atoms with E-state index in [1.165, 1.54) is 29.5 Å². The molecule has 1 aromatic carbocycles. The predicted molar refractivity (Wildman–Crippen MR) is 79.8 cm³/mol. The Bertz CT molecular complexity index is 579.